The maximum atomic E-state index is 11.5. The van der Waals surface area contributed by atoms with Crippen LogP contribution in [0.4, 0.5) is 5.69 Å². The molecule has 19 heavy (non-hydrogen) atoms. The number of hydrogen-bond acceptors (Lipinski definition) is 3. The van der Waals surface area contributed by atoms with Gasteiger partial charge in [-0.05, 0) is 44.0 Å². The molecule has 0 atom stereocenters. The molecule has 1 amide bonds. The summed E-state index contributed by atoms with van der Waals surface area (Å²) in [5.41, 5.74) is 7.05. The van der Waals surface area contributed by atoms with Crippen LogP contribution in [-0.4, -0.2) is 32.1 Å². The Bertz CT molecular complexity index is 425. The second-order valence-electron chi connectivity index (χ2n) is 5.12. The molecule has 2 rings (SSSR count). The minimum Gasteiger partial charge on any atom is -0.371 e. The van der Waals surface area contributed by atoms with Gasteiger partial charge in [-0.2, -0.15) is 0 Å². The van der Waals surface area contributed by atoms with Crippen LogP contribution in [0.15, 0.2) is 24.3 Å². The third kappa shape index (κ3) is 3.47. The molecule has 0 spiro atoms. The van der Waals surface area contributed by atoms with Crippen LogP contribution in [0.5, 0.6) is 0 Å². The van der Waals surface area contributed by atoms with Crippen molar-refractivity contribution < 1.29 is 4.79 Å². The second-order valence-corrected chi connectivity index (χ2v) is 5.12. The monoisotopic (exact) mass is 261 g/mol. The molecule has 1 aromatic carbocycles. The predicted octanol–water partition coefficient (Wildman–Crippen LogP) is 1.61. The van der Waals surface area contributed by atoms with E-state index in [1.54, 1.807) is 0 Å². The first-order valence-electron chi connectivity index (χ1n) is 7.07. The van der Waals surface area contributed by atoms with Crippen LogP contribution in [-0.2, 0) is 0 Å². The average molecular weight is 261 g/mol. The van der Waals surface area contributed by atoms with Gasteiger partial charge in [0.2, 0.25) is 0 Å². The van der Waals surface area contributed by atoms with Gasteiger partial charge in [0.05, 0.1) is 5.56 Å². The van der Waals surface area contributed by atoms with Crippen LogP contribution in [0.2, 0.25) is 0 Å². The highest BCUT2D eigenvalue weighted by Crippen LogP contribution is 2.25. The SMILES string of the molecule is CCNCC1CCN(c2ccccc2C(N)=O)CC1. The first-order chi connectivity index (χ1) is 9.22. The lowest BCUT2D eigenvalue weighted by atomic mass is 9.95. The van der Waals surface area contributed by atoms with E-state index in [2.05, 4.69) is 17.1 Å². The van der Waals surface area contributed by atoms with E-state index in [4.69, 9.17) is 5.73 Å². The number of nitrogens with one attached hydrogen (secondary N) is 1. The van der Waals surface area contributed by atoms with Gasteiger partial charge in [0.25, 0.3) is 5.91 Å². The van der Waals surface area contributed by atoms with E-state index < -0.39 is 0 Å². The zero-order valence-corrected chi connectivity index (χ0v) is 11.6. The van der Waals surface area contributed by atoms with Crippen LogP contribution in [0.1, 0.15) is 30.1 Å². The summed E-state index contributed by atoms with van der Waals surface area (Å²) in [5, 5.41) is 3.41. The molecule has 104 valence electrons. The Morgan fingerprint density at radius 1 is 1.37 bits per heavy atom. The first-order valence-corrected chi connectivity index (χ1v) is 7.07. The number of carbonyl (C=O) groups is 1. The number of anilines is 1. The molecule has 4 nitrogen and oxygen atoms in total. The van der Waals surface area contributed by atoms with Gasteiger partial charge in [0.15, 0.2) is 0 Å². The van der Waals surface area contributed by atoms with Gasteiger partial charge in [-0.3, -0.25) is 4.79 Å². The van der Waals surface area contributed by atoms with E-state index in [1.165, 1.54) is 12.8 Å². The molecular weight excluding hydrogens is 238 g/mol. The summed E-state index contributed by atoms with van der Waals surface area (Å²) >= 11 is 0. The van der Waals surface area contributed by atoms with E-state index in [0.29, 0.717) is 5.56 Å². The third-order valence-electron chi connectivity index (χ3n) is 3.81. The lowest BCUT2D eigenvalue weighted by Gasteiger charge is -2.34. The number of carbonyl (C=O) groups excluding carboxylic acids is 1. The number of nitrogens with zero attached hydrogens (tertiary/aromatic N) is 1. The van der Waals surface area contributed by atoms with Crippen molar-refractivity contribution in [1.29, 1.82) is 0 Å². The summed E-state index contributed by atoms with van der Waals surface area (Å²) < 4.78 is 0. The third-order valence-corrected chi connectivity index (χ3v) is 3.81. The smallest absolute Gasteiger partial charge is 0.250 e. The highest BCUT2D eigenvalue weighted by atomic mass is 16.1. The Kier molecular flexibility index (Phi) is 4.80. The standard InChI is InChI=1S/C15H23N3O/c1-2-17-11-12-7-9-18(10-8-12)14-6-4-3-5-13(14)15(16)19/h3-6,12,17H,2,7-11H2,1H3,(H2,16,19). The van der Waals surface area contributed by atoms with Gasteiger partial charge in [-0.1, -0.05) is 19.1 Å². The zero-order valence-electron chi connectivity index (χ0n) is 11.6. The maximum absolute atomic E-state index is 11.5. The summed E-state index contributed by atoms with van der Waals surface area (Å²) in [7, 11) is 0. The van der Waals surface area contributed by atoms with Crippen molar-refractivity contribution in [3.05, 3.63) is 29.8 Å². The van der Waals surface area contributed by atoms with Crippen molar-refractivity contribution in [2.75, 3.05) is 31.1 Å². The predicted molar refractivity (Wildman–Crippen MR) is 78.4 cm³/mol. The first kappa shape index (κ1) is 13.9. The number of hydrogen-bond donors (Lipinski definition) is 2. The lowest BCUT2D eigenvalue weighted by Crippen LogP contribution is -2.38. The summed E-state index contributed by atoms with van der Waals surface area (Å²) in [6.07, 6.45) is 2.33. The van der Waals surface area contributed by atoms with Crippen LogP contribution in [0.25, 0.3) is 0 Å². The molecule has 1 saturated heterocycles. The molecule has 3 N–H and O–H groups in total. The molecule has 0 bridgehead atoms. The molecule has 1 aliphatic rings. The Morgan fingerprint density at radius 2 is 2.05 bits per heavy atom. The Hall–Kier alpha value is -1.55. The highest BCUT2D eigenvalue weighted by molar-refractivity contribution is 5.98. The quantitative estimate of drug-likeness (QED) is 0.846. The number of amides is 1. The molecule has 0 saturated carbocycles. The van der Waals surface area contributed by atoms with E-state index in [0.717, 1.165) is 37.8 Å². The van der Waals surface area contributed by atoms with Crippen molar-refractivity contribution in [3.8, 4) is 0 Å². The molecule has 1 aromatic rings. The number of piperidine rings is 1. The molecule has 4 heteroatoms. The van der Waals surface area contributed by atoms with E-state index in [-0.39, 0.29) is 5.91 Å². The fraction of sp³-hybridized carbons (Fsp3) is 0.533. The fourth-order valence-corrected chi connectivity index (χ4v) is 2.68. The van der Waals surface area contributed by atoms with Gasteiger partial charge < -0.3 is 16.0 Å². The van der Waals surface area contributed by atoms with Gasteiger partial charge >= 0.3 is 0 Å². The van der Waals surface area contributed by atoms with E-state index in [1.807, 2.05) is 24.3 Å². The molecule has 0 aliphatic carbocycles. The lowest BCUT2D eigenvalue weighted by molar-refractivity contribution is 0.100. The number of para-hydroxylation sites is 1. The molecule has 1 aliphatic heterocycles. The largest absolute Gasteiger partial charge is 0.371 e. The van der Waals surface area contributed by atoms with Crippen molar-refractivity contribution >= 4 is 11.6 Å². The average Bonchev–Trinajstić information content (AvgIpc) is 2.45. The van der Waals surface area contributed by atoms with Crippen LogP contribution in [0.3, 0.4) is 0 Å². The molecule has 1 heterocycles. The van der Waals surface area contributed by atoms with Crippen molar-refractivity contribution in [2.45, 2.75) is 19.8 Å². The Morgan fingerprint density at radius 3 is 2.68 bits per heavy atom. The van der Waals surface area contributed by atoms with Crippen molar-refractivity contribution in [1.82, 2.24) is 5.32 Å². The molecule has 1 fully saturated rings. The minimum atomic E-state index is -0.342. The summed E-state index contributed by atoms with van der Waals surface area (Å²) in [4.78, 5) is 13.7. The highest BCUT2D eigenvalue weighted by Gasteiger charge is 2.21. The van der Waals surface area contributed by atoms with Gasteiger partial charge in [-0.15, -0.1) is 0 Å². The number of primary amides is 1. The number of nitrogens with two attached hydrogens (primary N) is 1. The summed E-state index contributed by atoms with van der Waals surface area (Å²) in [6, 6.07) is 7.63. The fourth-order valence-electron chi connectivity index (χ4n) is 2.68. The Balaban J connectivity index is 2.00. The van der Waals surface area contributed by atoms with Gasteiger partial charge in [-0.25, -0.2) is 0 Å². The summed E-state index contributed by atoms with van der Waals surface area (Å²) in [6.45, 7) is 6.27. The van der Waals surface area contributed by atoms with Crippen molar-refractivity contribution in [3.63, 3.8) is 0 Å². The van der Waals surface area contributed by atoms with E-state index in [9.17, 15) is 4.79 Å². The van der Waals surface area contributed by atoms with Crippen molar-refractivity contribution in [2.24, 2.45) is 11.7 Å². The minimum absolute atomic E-state index is 0.342. The number of rotatable bonds is 5. The molecule has 0 radical (unpaired) electrons. The second kappa shape index (κ2) is 6.57. The summed E-state index contributed by atoms with van der Waals surface area (Å²) in [5.74, 6) is 0.405. The Labute approximate surface area is 115 Å². The van der Waals surface area contributed by atoms with Crippen LogP contribution < -0.4 is 16.0 Å². The van der Waals surface area contributed by atoms with Crippen LogP contribution in [0, 0.1) is 5.92 Å². The van der Waals surface area contributed by atoms with Crippen LogP contribution >= 0.6 is 0 Å². The molecule has 0 aromatic heterocycles. The molecule has 0 unspecified atom stereocenters. The topological polar surface area (TPSA) is 58.4 Å². The van der Waals surface area contributed by atoms with Gasteiger partial charge in [0.1, 0.15) is 0 Å². The normalized spacial score (nSPS) is 16.6. The zero-order chi connectivity index (χ0) is 13.7. The van der Waals surface area contributed by atoms with Gasteiger partial charge in [0, 0.05) is 18.8 Å². The van der Waals surface area contributed by atoms with E-state index >= 15 is 0 Å². The molecular formula is C15H23N3O. The maximum Gasteiger partial charge on any atom is 0.250 e. The number of benzene rings is 1.